The minimum absolute atomic E-state index is 0. The van der Waals surface area contributed by atoms with Gasteiger partial charge in [-0.05, 0) is 113 Å². The van der Waals surface area contributed by atoms with Gasteiger partial charge in [0.25, 0.3) is 6.33 Å². The third-order valence-electron chi connectivity index (χ3n) is 13.8. The Bertz CT molecular complexity index is 4710. The molecule has 0 saturated heterocycles. The van der Waals surface area contributed by atoms with Crippen LogP contribution in [0.1, 0.15) is 66.4 Å². The Kier molecular flexibility index (Phi) is 9.00. The molecular formula is C68H52N4OPt-2. The zero-order chi connectivity index (χ0) is 58.3. The number of benzene rings is 9. The number of fused-ring (bicyclic) bond motifs is 10. The molecule has 0 spiro atoms. The SMILES string of the molecule is [2H]c1c([2H])c([2H])c(-c2cc3c4c(c2)n(-c2[c-]c(Oc5[c-]c6c(cc5)c5ccccc5n6-c5cc(C(C)(C)C)ccn5)ccc2)[c-][n+]4-c2c(cccc2C(C)(C)C)-c2cccc(-c4c([2H])c([2H])c([2H])c([2H])c4[2H])c2-c2ccccc2-3)c([2H])c1[2H].[Pt]. The second-order valence-electron chi connectivity index (χ2n) is 20.5. The smallest absolute Gasteiger partial charge is 0.268 e. The number of hydrogen-bond acceptors (Lipinski definition) is 2. The molecule has 0 bridgehead atoms. The van der Waals surface area contributed by atoms with Crippen molar-refractivity contribution in [2.24, 2.45) is 0 Å². The number of para-hydroxylation sites is 2. The molecule has 5 nitrogen and oxygen atoms in total. The molecule has 1 aliphatic heterocycles. The van der Waals surface area contributed by atoms with E-state index in [1.807, 2.05) is 125 Å². The summed E-state index contributed by atoms with van der Waals surface area (Å²) < 4.78 is 102. The molecule has 0 atom stereocenters. The average molecular weight is 1150 g/mol. The first-order valence-corrected chi connectivity index (χ1v) is 24.3. The Labute approximate surface area is 461 Å². The second-order valence-corrected chi connectivity index (χ2v) is 20.5. The fraction of sp³-hybridized carbons (Fsp3) is 0.118. The summed E-state index contributed by atoms with van der Waals surface area (Å²) in [5, 5.41) is 2.03. The summed E-state index contributed by atoms with van der Waals surface area (Å²) in [4.78, 5) is 4.86. The van der Waals surface area contributed by atoms with Gasteiger partial charge in [0, 0.05) is 44.3 Å². The summed E-state index contributed by atoms with van der Waals surface area (Å²) in [5.41, 5.74) is 10.5. The predicted molar refractivity (Wildman–Crippen MR) is 298 cm³/mol. The minimum atomic E-state index is -0.519. The van der Waals surface area contributed by atoms with Gasteiger partial charge in [0.15, 0.2) is 0 Å². The molecule has 0 fully saturated rings. The summed E-state index contributed by atoms with van der Waals surface area (Å²) in [6.07, 6.45) is 5.61. The van der Waals surface area contributed by atoms with E-state index in [4.69, 9.17) is 17.9 Å². The fourth-order valence-electron chi connectivity index (χ4n) is 10.4. The quantitative estimate of drug-likeness (QED) is 0.123. The summed E-state index contributed by atoms with van der Waals surface area (Å²) in [6, 6.07) is 47.8. The molecule has 74 heavy (non-hydrogen) atoms. The summed E-state index contributed by atoms with van der Waals surface area (Å²) in [5.74, 6) is 1.56. The van der Waals surface area contributed by atoms with Gasteiger partial charge >= 0.3 is 0 Å². The van der Waals surface area contributed by atoms with Gasteiger partial charge < -0.3 is 13.9 Å². The van der Waals surface area contributed by atoms with Crippen LogP contribution in [0.4, 0.5) is 0 Å². The normalized spacial score (nSPS) is 14.0. The van der Waals surface area contributed by atoms with Gasteiger partial charge in [-0.3, -0.25) is 4.57 Å². The molecule has 9 aromatic carbocycles. The molecule has 0 aliphatic carbocycles. The maximum absolute atomic E-state index is 9.32. The maximum Gasteiger partial charge on any atom is 0.268 e. The zero-order valence-corrected chi connectivity index (χ0v) is 43.6. The van der Waals surface area contributed by atoms with Crippen molar-refractivity contribution in [3.63, 3.8) is 0 Å². The van der Waals surface area contributed by atoms with Gasteiger partial charge in [0.1, 0.15) is 5.82 Å². The van der Waals surface area contributed by atoms with Gasteiger partial charge in [-0.15, -0.1) is 29.7 Å². The van der Waals surface area contributed by atoms with Crippen LogP contribution in [-0.4, -0.2) is 14.1 Å². The van der Waals surface area contributed by atoms with Crippen LogP contribution >= 0.6 is 0 Å². The van der Waals surface area contributed by atoms with Crippen molar-refractivity contribution in [3.8, 4) is 84.3 Å². The first-order valence-electron chi connectivity index (χ1n) is 29.3. The minimum Gasteiger partial charge on any atom is -0.510 e. The molecule has 0 amide bonds. The molecule has 6 heteroatoms. The number of nitrogens with zero attached hydrogens (tertiary/aromatic N) is 4. The number of hydrogen-bond donors (Lipinski definition) is 0. The van der Waals surface area contributed by atoms with Crippen LogP contribution in [0.15, 0.2) is 206 Å². The first kappa shape index (κ1) is 36.7. The number of aromatic nitrogens is 4. The van der Waals surface area contributed by atoms with Crippen molar-refractivity contribution >= 4 is 32.8 Å². The summed E-state index contributed by atoms with van der Waals surface area (Å²) >= 11 is 0. The van der Waals surface area contributed by atoms with Crippen LogP contribution < -0.4 is 9.30 Å². The van der Waals surface area contributed by atoms with Crippen LogP contribution in [0, 0.1) is 18.5 Å². The number of pyridine rings is 1. The molecule has 3 aromatic heterocycles. The summed E-state index contributed by atoms with van der Waals surface area (Å²) in [7, 11) is 0. The monoisotopic (exact) mass is 1150 g/mol. The zero-order valence-electron chi connectivity index (χ0n) is 51.4. The van der Waals surface area contributed by atoms with E-state index in [0.717, 1.165) is 55.6 Å². The van der Waals surface area contributed by atoms with Crippen LogP contribution in [0.25, 0.3) is 106 Å². The average Bonchev–Trinajstić information content (AvgIpc) is 1.67. The van der Waals surface area contributed by atoms with Gasteiger partial charge in [-0.1, -0.05) is 192 Å². The molecule has 0 unspecified atom stereocenters. The largest absolute Gasteiger partial charge is 0.510 e. The first-order chi connectivity index (χ1) is 39.6. The van der Waals surface area contributed by atoms with Gasteiger partial charge in [0.05, 0.1) is 30.4 Å². The third kappa shape index (κ3) is 7.90. The van der Waals surface area contributed by atoms with E-state index >= 15 is 0 Å². The Morgan fingerprint density at radius 1 is 0.541 bits per heavy atom. The molecule has 4 heterocycles. The Hall–Kier alpha value is -8.11. The van der Waals surface area contributed by atoms with Gasteiger partial charge in [-0.25, -0.2) is 4.98 Å². The van der Waals surface area contributed by atoms with Crippen LogP contribution in [0.5, 0.6) is 11.5 Å². The predicted octanol–water partition coefficient (Wildman–Crippen LogP) is 16.8. The van der Waals surface area contributed by atoms with Gasteiger partial charge in [-0.2, -0.15) is 18.2 Å². The standard InChI is InChI=1S/C68H52N4O.Pt/c1-67(2,3)47-36-37-69-63(40-47)72-60-33-16-15-27-53(60)54-35-34-50(42-61(54)72)73-49-25-17-24-48(41-49)70-43-71-65-57(31-19-32-59(65)68(4,5)6)56-30-18-29-51(45-22-11-8-12-23-45)64(56)55-28-14-13-26-52(55)58-38-46(39-62(70)66(58)71)44-20-9-7-10-21-44;/h7-40H,1-6H3;/q-2;/i7D,8D,9D,10D,11D,12D,20D,21D,22D,23D;. The molecule has 0 saturated carbocycles. The molecule has 0 N–H and O–H groups in total. The summed E-state index contributed by atoms with van der Waals surface area (Å²) in [6.45, 7) is 12.9. The third-order valence-corrected chi connectivity index (χ3v) is 13.8. The number of ether oxygens (including phenoxy) is 1. The molecule has 13 rings (SSSR count). The molecule has 12 aromatic rings. The van der Waals surface area contributed by atoms with Crippen LogP contribution in [0.2, 0.25) is 0 Å². The Balaban J connectivity index is 0.00000694. The number of imidazole rings is 1. The molecular weight excluding hydrogens is 1080 g/mol. The van der Waals surface area contributed by atoms with Crippen molar-refractivity contribution in [1.29, 1.82) is 0 Å². The topological polar surface area (TPSA) is 35.9 Å². The van der Waals surface area contributed by atoms with E-state index in [0.29, 0.717) is 61.6 Å². The molecule has 1 aliphatic rings. The van der Waals surface area contributed by atoms with Crippen LogP contribution in [-0.2, 0) is 31.9 Å². The van der Waals surface area contributed by atoms with Crippen molar-refractivity contribution in [1.82, 2.24) is 14.1 Å². The van der Waals surface area contributed by atoms with Crippen molar-refractivity contribution in [3.05, 3.63) is 236 Å². The maximum atomic E-state index is 9.32. The fourth-order valence-corrected chi connectivity index (χ4v) is 10.4. The van der Waals surface area contributed by atoms with E-state index in [1.165, 1.54) is 0 Å². The van der Waals surface area contributed by atoms with Gasteiger partial charge in [0.2, 0.25) is 0 Å². The number of rotatable bonds is 6. The van der Waals surface area contributed by atoms with Crippen molar-refractivity contribution in [2.45, 2.75) is 52.4 Å². The molecule has 0 radical (unpaired) electrons. The molecule has 362 valence electrons. The van der Waals surface area contributed by atoms with E-state index in [2.05, 4.69) is 88.8 Å². The Morgan fingerprint density at radius 3 is 2.00 bits per heavy atom. The van der Waals surface area contributed by atoms with E-state index < -0.39 is 41.7 Å². The van der Waals surface area contributed by atoms with E-state index in [1.54, 1.807) is 6.07 Å². The van der Waals surface area contributed by atoms with Crippen molar-refractivity contribution in [2.75, 3.05) is 0 Å². The Morgan fingerprint density at radius 2 is 1.22 bits per heavy atom. The van der Waals surface area contributed by atoms with Crippen LogP contribution in [0.3, 0.4) is 0 Å². The second kappa shape index (κ2) is 18.1. The van der Waals surface area contributed by atoms with Crippen molar-refractivity contribution < 1.29 is 44.1 Å². The van der Waals surface area contributed by atoms with E-state index in [9.17, 15) is 5.48 Å². The van der Waals surface area contributed by atoms with E-state index in [-0.39, 0.29) is 61.8 Å².